The fraction of sp³-hybridized carbons (Fsp3) is 0.158. The van der Waals surface area contributed by atoms with E-state index < -0.39 is 0 Å². The minimum Gasteiger partial charge on any atom is -0.479 e. The topological polar surface area (TPSA) is 62.1 Å². The van der Waals surface area contributed by atoms with Gasteiger partial charge in [-0.3, -0.25) is 4.79 Å². The molecule has 0 heterocycles. The summed E-state index contributed by atoms with van der Waals surface area (Å²) in [6.45, 7) is 1.87. The van der Waals surface area contributed by atoms with Gasteiger partial charge in [-0.15, -0.1) is 0 Å². The Kier molecular flexibility index (Phi) is 6.88. The Labute approximate surface area is 156 Å². The molecule has 0 aliphatic rings. The van der Waals surface area contributed by atoms with Gasteiger partial charge in [0.1, 0.15) is 11.8 Å². The molecule has 0 spiro atoms. The highest BCUT2D eigenvalue weighted by atomic mass is 35.5. The third-order valence-electron chi connectivity index (χ3n) is 3.41. The lowest BCUT2D eigenvalue weighted by molar-refractivity contribution is -0.117. The van der Waals surface area contributed by atoms with Crippen molar-refractivity contribution in [2.75, 3.05) is 6.61 Å². The van der Waals surface area contributed by atoms with Gasteiger partial charge in [0.05, 0.1) is 16.1 Å². The summed E-state index contributed by atoms with van der Waals surface area (Å²) in [6.07, 6.45) is 3.16. The van der Waals surface area contributed by atoms with Crippen molar-refractivity contribution < 1.29 is 9.53 Å². The van der Waals surface area contributed by atoms with Gasteiger partial charge in [-0.2, -0.15) is 5.26 Å². The summed E-state index contributed by atoms with van der Waals surface area (Å²) in [6, 6.07) is 14.1. The van der Waals surface area contributed by atoms with Crippen LogP contribution in [-0.4, -0.2) is 12.5 Å². The molecule has 2 aromatic carbocycles. The number of benzene rings is 2. The Balaban J connectivity index is 1.93. The number of ether oxygens (including phenoxy) is 1. The summed E-state index contributed by atoms with van der Waals surface area (Å²) in [5.41, 5.74) is 1.72. The Morgan fingerprint density at radius 3 is 2.60 bits per heavy atom. The van der Waals surface area contributed by atoms with Crippen molar-refractivity contribution in [2.45, 2.75) is 13.0 Å². The Morgan fingerprint density at radius 1 is 1.24 bits per heavy atom. The van der Waals surface area contributed by atoms with Gasteiger partial charge < -0.3 is 10.1 Å². The number of nitrogens with one attached hydrogen (secondary N) is 1. The second-order valence-corrected chi connectivity index (χ2v) is 6.07. The van der Waals surface area contributed by atoms with Crippen molar-refractivity contribution in [1.82, 2.24) is 5.32 Å². The SMILES string of the molecule is CC(NC(=O)/C=C/c1ccc(OCC#N)cc1)c1ccc(Cl)c(Cl)c1. The molecule has 0 bridgehead atoms. The molecule has 0 saturated heterocycles. The van der Waals surface area contributed by atoms with Crippen LogP contribution in [0.2, 0.25) is 10.0 Å². The van der Waals surface area contributed by atoms with E-state index in [2.05, 4.69) is 5.32 Å². The highest BCUT2D eigenvalue weighted by molar-refractivity contribution is 6.42. The van der Waals surface area contributed by atoms with Gasteiger partial charge in [0.15, 0.2) is 6.61 Å². The molecule has 2 aromatic rings. The summed E-state index contributed by atoms with van der Waals surface area (Å²) in [5.74, 6) is 0.389. The summed E-state index contributed by atoms with van der Waals surface area (Å²) in [5, 5.41) is 12.3. The number of carbonyl (C=O) groups excluding carboxylic acids is 1. The van der Waals surface area contributed by atoms with E-state index >= 15 is 0 Å². The molecule has 2 rings (SSSR count). The van der Waals surface area contributed by atoms with Crippen LogP contribution in [0.25, 0.3) is 6.08 Å². The third-order valence-corrected chi connectivity index (χ3v) is 4.15. The average Bonchev–Trinajstić information content (AvgIpc) is 2.61. The largest absolute Gasteiger partial charge is 0.479 e. The highest BCUT2D eigenvalue weighted by Gasteiger charge is 2.09. The maximum absolute atomic E-state index is 12.0. The minimum absolute atomic E-state index is 0.00416. The second kappa shape index (κ2) is 9.12. The molecule has 4 nitrogen and oxygen atoms in total. The predicted octanol–water partition coefficient (Wildman–Crippen LogP) is 4.79. The van der Waals surface area contributed by atoms with Gasteiger partial charge in [0.25, 0.3) is 0 Å². The minimum atomic E-state index is -0.219. The zero-order chi connectivity index (χ0) is 18.2. The van der Waals surface area contributed by atoms with E-state index in [0.717, 1.165) is 11.1 Å². The van der Waals surface area contributed by atoms with E-state index in [1.807, 2.05) is 19.1 Å². The van der Waals surface area contributed by atoms with E-state index in [0.29, 0.717) is 15.8 Å². The van der Waals surface area contributed by atoms with Crippen LogP contribution in [0.1, 0.15) is 24.1 Å². The van der Waals surface area contributed by atoms with Gasteiger partial charge >= 0.3 is 0 Å². The van der Waals surface area contributed by atoms with Gasteiger partial charge in [0, 0.05) is 6.08 Å². The number of nitrogens with zero attached hydrogens (tertiary/aromatic N) is 1. The first-order chi connectivity index (χ1) is 12.0. The molecule has 1 atom stereocenters. The lowest BCUT2D eigenvalue weighted by atomic mass is 10.1. The van der Waals surface area contributed by atoms with Crippen LogP contribution in [0, 0.1) is 11.3 Å². The standard InChI is InChI=1S/C19H16Cl2N2O2/c1-13(15-5-8-17(20)18(21)12-15)23-19(24)9-4-14-2-6-16(7-3-14)25-11-10-22/h2-9,12-13H,11H2,1H3,(H,23,24)/b9-4+. The molecule has 1 N–H and O–H groups in total. The van der Waals surface area contributed by atoms with E-state index in [1.54, 1.807) is 42.5 Å². The van der Waals surface area contributed by atoms with E-state index in [1.165, 1.54) is 6.08 Å². The van der Waals surface area contributed by atoms with E-state index in [-0.39, 0.29) is 18.6 Å². The van der Waals surface area contributed by atoms with Crippen molar-refractivity contribution in [1.29, 1.82) is 5.26 Å². The molecule has 1 amide bonds. The molecule has 0 aromatic heterocycles. The molecule has 1 unspecified atom stereocenters. The van der Waals surface area contributed by atoms with Crippen molar-refractivity contribution >= 4 is 35.2 Å². The first-order valence-electron chi connectivity index (χ1n) is 7.53. The molecule has 0 aliphatic heterocycles. The fourth-order valence-corrected chi connectivity index (χ4v) is 2.40. The van der Waals surface area contributed by atoms with Crippen LogP contribution in [0.4, 0.5) is 0 Å². The molecule has 128 valence electrons. The second-order valence-electron chi connectivity index (χ2n) is 5.25. The maximum atomic E-state index is 12.0. The van der Waals surface area contributed by atoms with E-state index in [4.69, 9.17) is 33.2 Å². The fourth-order valence-electron chi connectivity index (χ4n) is 2.09. The summed E-state index contributed by atoms with van der Waals surface area (Å²) in [7, 11) is 0. The summed E-state index contributed by atoms with van der Waals surface area (Å²) in [4.78, 5) is 12.0. The van der Waals surface area contributed by atoms with E-state index in [9.17, 15) is 4.79 Å². The predicted molar refractivity (Wildman–Crippen MR) is 99.6 cm³/mol. The number of halogens is 2. The molecule has 0 aliphatic carbocycles. The zero-order valence-electron chi connectivity index (χ0n) is 13.5. The zero-order valence-corrected chi connectivity index (χ0v) is 15.0. The van der Waals surface area contributed by atoms with Crippen molar-refractivity contribution in [3.8, 4) is 11.8 Å². The summed E-state index contributed by atoms with van der Waals surface area (Å²) >= 11 is 11.9. The Hall–Kier alpha value is -2.48. The quantitative estimate of drug-likeness (QED) is 0.739. The van der Waals surface area contributed by atoms with Crippen LogP contribution in [0.15, 0.2) is 48.5 Å². The number of hydrogen-bond acceptors (Lipinski definition) is 3. The first kappa shape index (κ1) is 18.9. The van der Waals surface area contributed by atoms with Crippen LogP contribution in [0.3, 0.4) is 0 Å². The third kappa shape index (κ3) is 5.82. The lowest BCUT2D eigenvalue weighted by Gasteiger charge is -2.13. The molecule has 6 heteroatoms. The molecular formula is C19H16Cl2N2O2. The Morgan fingerprint density at radius 2 is 1.96 bits per heavy atom. The van der Waals surface area contributed by atoms with Crippen molar-refractivity contribution in [3.05, 3.63) is 69.7 Å². The number of carbonyl (C=O) groups is 1. The van der Waals surface area contributed by atoms with Gasteiger partial charge in [-0.05, 0) is 48.4 Å². The molecule has 25 heavy (non-hydrogen) atoms. The average molecular weight is 375 g/mol. The smallest absolute Gasteiger partial charge is 0.244 e. The lowest BCUT2D eigenvalue weighted by Crippen LogP contribution is -2.24. The van der Waals surface area contributed by atoms with Crippen LogP contribution < -0.4 is 10.1 Å². The van der Waals surface area contributed by atoms with Crippen LogP contribution in [-0.2, 0) is 4.79 Å². The monoisotopic (exact) mass is 374 g/mol. The maximum Gasteiger partial charge on any atom is 0.244 e. The van der Waals surface area contributed by atoms with Crippen molar-refractivity contribution in [3.63, 3.8) is 0 Å². The van der Waals surface area contributed by atoms with Gasteiger partial charge in [0.2, 0.25) is 5.91 Å². The van der Waals surface area contributed by atoms with Crippen LogP contribution >= 0.6 is 23.2 Å². The highest BCUT2D eigenvalue weighted by Crippen LogP contribution is 2.25. The molecule has 0 fully saturated rings. The first-order valence-corrected chi connectivity index (χ1v) is 8.28. The van der Waals surface area contributed by atoms with Crippen molar-refractivity contribution in [2.24, 2.45) is 0 Å². The normalized spacial score (nSPS) is 11.8. The molecular weight excluding hydrogens is 359 g/mol. The van der Waals surface area contributed by atoms with Crippen LogP contribution in [0.5, 0.6) is 5.75 Å². The number of amides is 1. The van der Waals surface area contributed by atoms with Gasteiger partial charge in [-0.1, -0.05) is 41.4 Å². The molecule has 0 saturated carbocycles. The number of hydrogen-bond donors (Lipinski definition) is 1. The Bertz CT molecular complexity index is 811. The molecule has 0 radical (unpaired) electrons. The van der Waals surface area contributed by atoms with Gasteiger partial charge in [-0.25, -0.2) is 0 Å². The summed E-state index contributed by atoms with van der Waals surface area (Å²) < 4.78 is 5.17. The number of rotatable bonds is 6. The number of nitriles is 1.